The fraction of sp³-hybridized carbons (Fsp3) is 0.375. The fourth-order valence-electron chi connectivity index (χ4n) is 2.87. The molecular weight excluding hydrogens is 282 g/mol. The summed E-state index contributed by atoms with van der Waals surface area (Å²) < 4.78 is 0. The molecule has 1 fully saturated rings. The maximum absolute atomic E-state index is 12.0. The Morgan fingerprint density at radius 2 is 2.24 bits per heavy atom. The number of nitrogens with one attached hydrogen (secondary N) is 2. The van der Waals surface area contributed by atoms with Crippen LogP contribution < -0.4 is 16.4 Å². The standard InChI is InChI=1S/C16H17N3OS/c1-9-17-12-6-5-10(8-14(12)21-9)7-13-16(20)19-15(18-13)11-3-2-4-11/h5,7-8,12,18H,2-4,6H2,1H3,(H,19,20)/b13-7-. The number of thioether (sulfide) groups is 1. The van der Waals surface area contributed by atoms with Gasteiger partial charge in [-0.05, 0) is 55.9 Å². The zero-order valence-electron chi connectivity index (χ0n) is 11.9. The number of aliphatic imine (C=N–C) groups is 1. The van der Waals surface area contributed by atoms with E-state index in [1.807, 2.05) is 13.0 Å². The van der Waals surface area contributed by atoms with Gasteiger partial charge in [-0.15, -0.1) is 0 Å². The first kappa shape index (κ1) is 13.0. The lowest BCUT2D eigenvalue weighted by Crippen LogP contribution is -2.23. The number of hydrogen-bond donors (Lipinski definition) is 2. The minimum atomic E-state index is -0.0303. The Balaban J connectivity index is 1.70. The van der Waals surface area contributed by atoms with Crippen LogP contribution in [0.15, 0.2) is 32.4 Å². The van der Waals surface area contributed by atoms with Crippen LogP contribution in [0.25, 0.3) is 11.6 Å². The Morgan fingerprint density at radius 3 is 3.00 bits per heavy atom. The van der Waals surface area contributed by atoms with Gasteiger partial charge in [0, 0.05) is 4.91 Å². The van der Waals surface area contributed by atoms with Crippen molar-refractivity contribution in [1.82, 2.24) is 9.97 Å². The van der Waals surface area contributed by atoms with E-state index >= 15 is 0 Å². The van der Waals surface area contributed by atoms with Crippen LogP contribution in [0.1, 0.15) is 32.6 Å². The van der Waals surface area contributed by atoms with Crippen molar-refractivity contribution in [2.75, 3.05) is 0 Å². The third-order valence-electron chi connectivity index (χ3n) is 4.18. The number of allylic oxidation sites excluding steroid dienone is 2. The quantitative estimate of drug-likeness (QED) is 0.827. The van der Waals surface area contributed by atoms with Crippen molar-refractivity contribution in [3.63, 3.8) is 0 Å². The van der Waals surface area contributed by atoms with E-state index in [2.05, 4.69) is 27.1 Å². The smallest absolute Gasteiger partial charge is 0.273 e. The van der Waals surface area contributed by atoms with Gasteiger partial charge in [0.05, 0.1) is 11.1 Å². The van der Waals surface area contributed by atoms with Gasteiger partial charge in [-0.3, -0.25) is 9.79 Å². The summed E-state index contributed by atoms with van der Waals surface area (Å²) in [5, 5.41) is 1.77. The number of nitrogens with zero attached hydrogens (tertiary/aromatic N) is 1. The van der Waals surface area contributed by atoms with Gasteiger partial charge in [0.2, 0.25) is 0 Å². The van der Waals surface area contributed by atoms with Gasteiger partial charge in [-0.1, -0.05) is 17.8 Å². The van der Waals surface area contributed by atoms with E-state index in [0.29, 0.717) is 11.4 Å². The van der Waals surface area contributed by atoms with Crippen LogP contribution in [0, 0.1) is 0 Å². The molecule has 1 aliphatic heterocycles. The molecule has 3 aliphatic rings. The molecule has 0 bridgehead atoms. The minimum absolute atomic E-state index is 0.0303. The first-order chi connectivity index (χ1) is 10.2. The summed E-state index contributed by atoms with van der Waals surface area (Å²) in [6, 6.07) is 0.301. The molecule has 0 amide bonds. The lowest BCUT2D eigenvalue weighted by atomic mass is 9.93. The predicted octanol–water partition coefficient (Wildman–Crippen LogP) is 1.57. The number of aromatic amines is 2. The number of imidazole rings is 1. The molecule has 1 aromatic rings. The Bertz CT molecular complexity index is 860. The molecule has 5 heteroatoms. The number of hydrogen-bond acceptors (Lipinski definition) is 3. The zero-order valence-corrected chi connectivity index (χ0v) is 12.7. The molecule has 2 aliphatic carbocycles. The van der Waals surface area contributed by atoms with Crippen molar-refractivity contribution >= 4 is 28.5 Å². The molecule has 4 rings (SSSR count). The maximum Gasteiger partial charge on any atom is 0.273 e. The molecule has 1 atom stereocenters. The Kier molecular flexibility index (Phi) is 3.03. The third kappa shape index (κ3) is 2.35. The molecule has 2 N–H and O–H groups in total. The molecule has 108 valence electrons. The van der Waals surface area contributed by atoms with Crippen LogP contribution in [-0.2, 0) is 0 Å². The van der Waals surface area contributed by atoms with Crippen molar-refractivity contribution in [2.45, 2.75) is 38.6 Å². The van der Waals surface area contributed by atoms with Crippen molar-refractivity contribution in [3.8, 4) is 0 Å². The Labute approximate surface area is 126 Å². The van der Waals surface area contributed by atoms with E-state index in [0.717, 1.165) is 35.4 Å². The van der Waals surface area contributed by atoms with E-state index in [-0.39, 0.29) is 5.56 Å². The third-order valence-corrected chi connectivity index (χ3v) is 5.21. The summed E-state index contributed by atoms with van der Waals surface area (Å²) in [6.07, 6.45) is 10.6. The molecule has 1 unspecified atom stereocenters. The SMILES string of the molecule is CC1=NC2CC=C(/C=c3\[nH]c(=C4CCC4)[nH]c3=O)C=C2S1. The van der Waals surface area contributed by atoms with E-state index in [1.54, 1.807) is 11.8 Å². The summed E-state index contributed by atoms with van der Waals surface area (Å²) in [5.41, 5.74) is 3.31. The van der Waals surface area contributed by atoms with Gasteiger partial charge >= 0.3 is 0 Å². The molecule has 4 nitrogen and oxygen atoms in total. The van der Waals surface area contributed by atoms with Crippen molar-refractivity contribution in [2.24, 2.45) is 4.99 Å². The molecule has 2 heterocycles. The van der Waals surface area contributed by atoms with Gasteiger partial charge in [0.25, 0.3) is 5.56 Å². The number of rotatable bonds is 1. The largest absolute Gasteiger partial charge is 0.337 e. The molecule has 1 aromatic heterocycles. The maximum atomic E-state index is 12.0. The van der Waals surface area contributed by atoms with E-state index in [4.69, 9.17) is 0 Å². The van der Waals surface area contributed by atoms with Crippen LogP contribution in [-0.4, -0.2) is 21.1 Å². The second-order valence-corrected chi connectivity index (χ2v) is 6.99. The molecule has 0 aromatic carbocycles. The summed E-state index contributed by atoms with van der Waals surface area (Å²) in [5.74, 6) is 0. The molecule has 21 heavy (non-hydrogen) atoms. The lowest BCUT2D eigenvalue weighted by molar-refractivity contribution is 0.741. The first-order valence-corrected chi connectivity index (χ1v) is 8.17. The van der Waals surface area contributed by atoms with Crippen LogP contribution >= 0.6 is 11.8 Å². The topological polar surface area (TPSA) is 61.0 Å². The Morgan fingerprint density at radius 1 is 1.38 bits per heavy atom. The van der Waals surface area contributed by atoms with Gasteiger partial charge in [0.15, 0.2) is 0 Å². The van der Waals surface area contributed by atoms with Gasteiger partial charge in [-0.2, -0.15) is 0 Å². The van der Waals surface area contributed by atoms with Crippen molar-refractivity contribution in [1.29, 1.82) is 0 Å². The number of fused-ring (bicyclic) bond motifs is 1. The first-order valence-electron chi connectivity index (χ1n) is 7.35. The monoisotopic (exact) mass is 299 g/mol. The van der Waals surface area contributed by atoms with Crippen LogP contribution in [0.4, 0.5) is 0 Å². The summed E-state index contributed by atoms with van der Waals surface area (Å²) in [7, 11) is 0. The van der Waals surface area contributed by atoms with Crippen LogP contribution in [0.2, 0.25) is 0 Å². The highest BCUT2D eigenvalue weighted by Gasteiger charge is 2.23. The molecule has 0 radical (unpaired) electrons. The van der Waals surface area contributed by atoms with E-state index in [1.165, 1.54) is 16.9 Å². The zero-order chi connectivity index (χ0) is 14.4. The fourth-order valence-corrected chi connectivity index (χ4v) is 3.87. The number of H-pyrrole nitrogens is 2. The highest BCUT2D eigenvalue weighted by Crippen LogP contribution is 2.36. The normalized spacial score (nSPS) is 25.2. The molecule has 1 saturated carbocycles. The average molecular weight is 299 g/mol. The Hall–Kier alpha value is -1.75. The molecule has 0 spiro atoms. The van der Waals surface area contributed by atoms with E-state index in [9.17, 15) is 4.79 Å². The average Bonchev–Trinajstić information content (AvgIpc) is 2.90. The highest BCUT2D eigenvalue weighted by atomic mass is 32.2. The van der Waals surface area contributed by atoms with Gasteiger partial charge in [-0.25, -0.2) is 0 Å². The summed E-state index contributed by atoms with van der Waals surface area (Å²) >= 11 is 1.74. The highest BCUT2D eigenvalue weighted by molar-refractivity contribution is 8.17. The second-order valence-electron chi connectivity index (χ2n) is 5.72. The number of aromatic nitrogens is 2. The minimum Gasteiger partial charge on any atom is -0.337 e. The molecule has 0 saturated heterocycles. The molecular formula is C16H17N3OS. The summed E-state index contributed by atoms with van der Waals surface area (Å²) in [4.78, 5) is 24.1. The van der Waals surface area contributed by atoms with E-state index < -0.39 is 0 Å². The predicted molar refractivity (Wildman–Crippen MR) is 87.7 cm³/mol. The lowest BCUT2D eigenvalue weighted by Gasteiger charge is -2.13. The van der Waals surface area contributed by atoms with Gasteiger partial charge in [0.1, 0.15) is 10.8 Å². The van der Waals surface area contributed by atoms with Crippen LogP contribution in [0.5, 0.6) is 0 Å². The van der Waals surface area contributed by atoms with Crippen molar-refractivity contribution in [3.05, 3.63) is 43.8 Å². The van der Waals surface area contributed by atoms with Crippen molar-refractivity contribution < 1.29 is 0 Å². The van der Waals surface area contributed by atoms with Crippen LogP contribution in [0.3, 0.4) is 0 Å². The second kappa shape index (κ2) is 4.91. The summed E-state index contributed by atoms with van der Waals surface area (Å²) in [6.45, 7) is 2.05. The van der Waals surface area contributed by atoms with Gasteiger partial charge < -0.3 is 9.97 Å².